The Labute approximate surface area is 112 Å². The van der Waals surface area contributed by atoms with Crippen molar-refractivity contribution in [2.75, 3.05) is 5.32 Å². The fourth-order valence-electron chi connectivity index (χ4n) is 1.47. The molecular formula is C12H10BrN3O2. The van der Waals surface area contributed by atoms with Crippen molar-refractivity contribution in [1.82, 2.24) is 10.2 Å². The number of carboxylic acid groups (broad SMARTS) is 1. The number of hydrogen-bond donors (Lipinski definition) is 2. The number of benzene rings is 1. The molecule has 0 spiro atoms. The highest BCUT2D eigenvalue weighted by Gasteiger charge is 2.10. The Morgan fingerprint density at radius 2 is 2.22 bits per heavy atom. The number of nitrogens with zero attached hydrogens (tertiary/aromatic N) is 2. The Kier molecular flexibility index (Phi) is 3.88. The first kappa shape index (κ1) is 12.5. The van der Waals surface area contributed by atoms with Crippen molar-refractivity contribution in [3.63, 3.8) is 0 Å². The molecule has 0 aliphatic rings. The maximum absolute atomic E-state index is 11.0. The molecule has 0 fully saturated rings. The number of aromatic carboxylic acids is 1. The summed E-state index contributed by atoms with van der Waals surface area (Å²) in [5.74, 6) is -0.758. The topological polar surface area (TPSA) is 75.1 Å². The molecule has 0 unspecified atom stereocenters. The minimum Gasteiger partial charge on any atom is -0.478 e. The van der Waals surface area contributed by atoms with Crippen LogP contribution in [0.25, 0.3) is 0 Å². The van der Waals surface area contributed by atoms with Gasteiger partial charge in [0, 0.05) is 11.0 Å². The number of halogens is 1. The lowest BCUT2D eigenvalue weighted by Gasteiger charge is -2.07. The molecule has 0 radical (unpaired) electrons. The molecule has 2 N–H and O–H groups in total. The molecule has 0 saturated heterocycles. The van der Waals surface area contributed by atoms with Crippen LogP contribution in [0.15, 0.2) is 41.0 Å². The van der Waals surface area contributed by atoms with Crippen LogP contribution in [0, 0.1) is 0 Å². The van der Waals surface area contributed by atoms with Crippen LogP contribution in [0.5, 0.6) is 0 Å². The highest BCUT2D eigenvalue weighted by molar-refractivity contribution is 9.10. The van der Waals surface area contributed by atoms with E-state index in [9.17, 15) is 4.79 Å². The minimum atomic E-state index is -1.03. The van der Waals surface area contributed by atoms with Crippen molar-refractivity contribution in [2.24, 2.45) is 0 Å². The van der Waals surface area contributed by atoms with Crippen LogP contribution in [0.2, 0.25) is 0 Å². The maximum atomic E-state index is 11.0. The number of nitrogens with one attached hydrogen (secondary N) is 1. The van der Waals surface area contributed by atoms with Crippen molar-refractivity contribution in [1.29, 1.82) is 0 Å². The first-order valence-corrected chi connectivity index (χ1v) is 5.99. The van der Waals surface area contributed by atoms with Gasteiger partial charge in [-0.15, -0.1) is 5.10 Å². The van der Waals surface area contributed by atoms with Gasteiger partial charge in [-0.3, -0.25) is 0 Å². The maximum Gasteiger partial charge on any atom is 0.339 e. The van der Waals surface area contributed by atoms with E-state index in [2.05, 4.69) is 31.4 Å². The van der Waals surface area contributed by atoms with Crippen LogP contribution in [0.3, 0.4) is 0 Å². The van der Waals surface area contributed by atoms with Crippen LogP contribution in [-0.4, -0.2) is 21.3 Å². The lowest BCUT2D eigenvalue weighted by Crippen LogP contribution is -2.09. The van der Waals surface area contributed by atoms with E-state index < -0.39 is 5.97 Å². The summed E-state index contributed by atoms with van der Waals surface area (Å²) in [5, 5.41) is 19.4. The molecule has 0 atom stereocenters. The van der Waals surface area contributed by atoms with Crippen molar-refractivity contribution in [2.45, 2.75) is 6.54 Å². The second-order valence-corrected chi connectivity index (χ2v) is 4.50. The Bertz CT molecular complexity index is 575. The third-order valence-corrected chi connectivity index (χ3v) is 2.79. The molecule has 0 aliphatic carbocycles. The van der Waals surface area contributed by atoms with Gasteiger partial charge in [0.15, 0.2) is 5.82 Å². The quantitative estimate of drug-likeness (QED) is 0.908. The van der Waals surface area contributed by atoms with Gasteiger partial charge in [-0.1, -0.05) is 28.1 Å². The molecule has 92 valence electrons. The summed E-state index contributed by atoms with van der Waals surface area (Å²) in [6, 6.07) is 9.14. The predicted molar refractivity (Wildman–Crippen MR) is 70.5 cm³/mol. The van der Waals surface area contributed by atoms with Crippen molar-refractivity contribution < 1.29 is 9.90 Å². The summed E-state index contributed by atoms with van der Waals surface area (Å²) in [4.78, 5) is 11.0. The lowest BCUT2D eigenvalue weighted by atomic mass is 10.2. The van der Waals surface area contributed by atoms with E-state index in [1.54, 1.807) is 0 Å². The zero-order chi connectivity index (χ0) is 13.0. The number of aromatic nitrogens is 2. The summed E-state index contributed by atoms with van der Waals surface area (Å²) in [7, 11) is 0. The van der Waals surface area contributed by atoms with Crippen molar-refractivity contribution in [3.05, 3.63) is 52.1 Å². The normalized spacial score (nSPS) is 10.1. The van der Waals surface area contributed by atoms with Gasteiger partial charge in [0.05, 0.1) is 6.20 Å². The second-order valence-electron chi connectivity index (χ2n) is 3.58. The van der Waals surface area contributed by atoms with Gasteiger partial charge in [-0.25, -0.2) is 4.79 Å². The summed E-state index contributed by atoms with van der Waals surface area (Å²) in [6.45, 7) is 0.485. The molecule has 5 nitrogen and oxygen atoms in total. The van der Waals surface area contributed by atoms with E-state index in [1.807, 2.05) is 24.3 Å². The van der Waals surface area contributed by atoms with E-state index in [4.69, 9.17) is 5.11 Å². The Morgan fingerprint density at radius 1 is 1.39 bits per heavy atom. The van der Waals surface area contributed by atoms with Crippen LogP contribution >= 0.6 is 15.9 Å². The minimum absolute atomic E-state index is 0.111. The third kappa shape index (κ3) is 3.04. The molecule has 2 aromatic rings. The van der Waals surface area contributed by atoms with Crippen LogP contribution in [0.4, 0.5) is 5.82 Å². The average Bonchev–Trinajstić information content (AvgIpc) is 2.37. The van der Waals surface area contributed by atoms with E-state index in [-0.39, 0.29) is 11.4 Å². The first-order valence-electron chi connectivity index (χ1n) is 5.20. The van der Waals surface area contributed by atoms with Gasteiger partial charge in [0.2, 0.25) is 0 Å². The molecule has 2 rings (SSSR count). The largest absolute Gasteiger partial charge is 0.478 e. The van der Waals surface area contributed by atoms with Crippen molar-refractivity contribution in [3.8, 4) is 0 Å². The van der Waals surface area contributed by atoms with E-state index in [0.717, 1.165) is 10.0 Å². The fourth-order valence-corrected chi connectivity index (χ4v) is 1.91. The van der Waals surface area contributed by atoms with Gasteiger partial charge in [0.25, 0.3) is 0 Å². The third-order valence-electron chi connectivity index (χ3n) is 2.30. The van der Waals surface area contributed by atoms with Gasteiger partial charge >= 0.3 is 5.97 Å². The number of hydrogen-bond acceptors (Lipinski definition) is 4. The Balaban J connectivity index is 2.13. The summed E-state index contributed by atoms with van der Waals surface area (Å²) in [5.41, 5.74) is 1.13. The fraction of sp³-hybridized carbons (Fsp3) is 0.0833. The molecule has 1 aromatic heterocycles. The SMILES string of the molecule is O=C(O)c1ccnnc1NCc1cccc(Br)c1. The van der Waals surface area contributed by atoms with E-state index >= 15 is 0 Å². The average molecular weight is 308 g/mol. The standard InChI is InChI=1S/C12H10BrN3O2/c13-9-3-1-2-8(6-9)7-14-11-10(12(17)18)4-5-15-16-11/h1-6H,7H2,(H,14,16)(H,17,18). The number of carboxylic acids is 1. The Morgan fingerprint density at radius 3 is 2.94 bits per heavy atom. The lowest BCUT2D eigenvalue weighted by molar-refractivity contribution is 0.0697. The number of carbonyl (C=O) groups is 1. The van der Waals surface area contributed by atoms with Gasteiger partial charge in [-0.05, 0) is 23.8 Å². The number of rotatable bonds is 4. The molecule has 0 amide bonds. The highest BCUT2D eigenvalue weighted by atomic mass is 79.9. The molecule has 1 aromatic carbocycles. The van der Waals surface area contributed by atoms with E-state index in [1.165, 1.54) is 12.3 Å². The molecule has 18 heavy (non-hydrogen) atoms. The number of anilines is 1. The van der Waals surface area contributed by atoms with Crippen LogP contribution in [-0.2, 0) is 6.54 Å². The molecular weight excluding hydrogens is 298 g/mol. The highest BCUT2D eigenvalue weighted by Crippen LogP contribution is 2.14. The van der Waals surface area contributed by atoms with Crippen molar-refractivity contribution >= 4 is 27.7 Å². The second kappa shape index (κ2) is 5.59. The molecule has 0 saturated carbocycles. The van der Waals surface area contributed by atoms with Gasteiger partial charge < -0.3 is 10.4 Å². The summed E-state index contributed by atoms with van der Waals surface area (Å²) in [6.07, 6.45) is 1.35. The predicted octanol–water partition coefficient (Wildman–Crippen LogP) is 2.55. The van der Waals surface area contributed by atoms with Gasteiger partial charge in [-0.2, -0.15) is 5.10 Å². The first-order chi connectivity index (χ1) is 8.66. The molecule has 6 heteroatoms. The molecule has 1 heterocycles. The van der Waals surface area contributed by atoms with Gasteiger partial charge in [0.1, 0.15) is 5.56 Å². The van der Waals surface area contributed by atoms with E-state index in [0.29, 0.717) is 6.54 Å². The van der Waals surface area contributed by atoms with Crippen LogP contribution < -0.4 is 5.32 Å². The zero-order valence-electron chi connectivity index (χ0n) is 9.30. The summed E-state index contributed by atoms with van der Waals surface area (Å²) >= 11 is 3.38. The smallest absolute Gasteiger partial charge is 0.339 e. The summed E-state index contributed by atoms with van der Waals surface area (Å²) < 4.78 is 0.972. The monoisotopic (exact) mass is 307 g/mol. The Hall–Kier alpha value is -1.95. The zero-order valence-corrected chi connectivity index (χ0v) is 10.9. The molecule has 0 aliphatic heterocycles. The molecule has 0 bridgehead atoms. The van der Waals surface area contributed by atoms with Crippen LogP contribution in [0.1, 0.15) is 15.9 Å².